The molecule has 3 N–H and O–H groups in total. The van der Waals surface area contributed by atoms with Gasteiger partial charge in [0.2, 0.25) is 0 Å². The third-order valence-corrected chi connectivity index (χ3v) is 7.37. The number of hydrogen-bond acceptors (Lipinski definition) is 6. The third-order valence-electron chi connectivity index (χ3n) is 4.15. The van der Waals surface area contributed by atoms with Crippen molar-refractivity contribution in [1.29, 1.82) is 0 Å². The summed E-state index contributed by atoms with van der Waals surface area (Å²) >= 11 is 1.07. The molecule has 1 fully saturated rings. The second-order valence-corrected chi connectivity index (χ2v) is 8.93. The Morgan fingerprint density at radius 3 is 2.52 bits per heavy atom. The minimum absolute atomic E-state index is 0.0412. The van der Waals surface area contributed by atoms with Gasteiger partial charge >= 0.3 is 0 Å². The molecule has 3 rings (SSSR count). The third kappa shape index (κ3) is 3.88. The van der Waals surface area contributed by atoms with Crippen LogP contribution in [0.3, 0.4) is 0 Å². The van der Waals surface area contributed by atoms with Gasteiger partial charge in [0, 0.05) is 31.7 Å². The fourth-order valence-electron chi connectivity index (χ4n) is 2.90. The van der Waals surface area contributed by atoms with Crippen LogP contribution in [0.25, 0.3) is 0 Å². The van der Waals surface area contributed by atoms with Crippen LogP contribution in [0.1, 0.15) is 10.4 Å². The minimum Gasteiger partial charge on any atom is -0.352 e. The molecule has 2 amide bonds. The van der Waals surface area contributed by atoms with E-state index in [0.717, 1.165) is 15.6 Å². The van der Waals surface area contributed by atoms with Crippen LogP contribution in [0.15, 0.2) is 52.1 Å². The number of benzene rings is 1. The summed E-state index contributed by atoms with van der Waals surface area (Å²) in [6.45, 7) is 0.566. The fourth-order valence-corrected chi connectivity index (χ4v) is 5.57. The zero-order valence-electron chi connectivity index (χ0n) is 14.4. The summed E-state index contributed by atoms with van der Waals surface area (Å²) in [6, 6.07) is 11.6. The Kier molecular flexibility index (Phi) is 5.90. The Morgan fingerprint density at radius 1 is 1.15 bits per heavy atom. The Labute approximate surface area is 161 Å². The van der Waals surface area contributed by atoms with Gasteiger partial charge in [-0.3, -0.25) is 9.59 Å². The van der Waals surface area contributed by atoms with Crippen molar-refractivity contribution in [2.24, 2.45) is 5.73 Å². The van der Waals surface area contributed by atoms with Crippen LogP contribution in [0.4, 0.5) is 0 Å². The molecule has 1 saturated heterocycles. The van der Waals surface area contributed by atoms with Crippen molar-refractivity contribution in [3.05, 3.63) is 53.4 Å². The molecule has 144 valence electrons. The van der Waals surface area contributed by atoms with Gasteiger partial charge in [-0.1, -0.05) is 24.3 Å². The molecule has 10 heteroatoms. The normalized spacial score (nSPS) is 17.8. The van der Waals surface area contributed by atoms with Gasteiger partial charge in [-0.2, -0.15) is 4.31 Å². The van der Waals surface area contributed by atoms with E-state index in [9.17, 15) is 18.0 Å². The average molecular weight is 409 g/mol. The molecular formula is C17H20N4O4S2. The van der Waals surface area contributed by atoms with E-state index in [1.54, 1.807) is 41.8 Å². The maximum atomic E-state index is 13.0. The van der Waals surface area contributed by atoms with Gasteiger partial charge in [0.1, 0.15) is 4.21 Å². The van der Waals surface area contributed by atoms with Gasteiger partial charge in [0.05, 0.1) is 0 Å². The lowest BCUT2D eigenvalue weighted by Gasteiger charge is -2.28. The molecule has 8 nitrogen and oxygen atoms in total. The number of nitrogens with one attached hydrogen (secondary N) is 1. The number of thiophene rings is 1. The molecule has 0 spiro atoms. The van der Waals surface area contributed by atoms with Gasteiger partial charge in [-0.15, -0.1) is 11.3 Å². The SMILES string of the molecule is NCCNC(=O)C1N(C(=O)c2ccccc2)CCN1S(=O)(=O)c1cccs1. The zero-order chi connectivity index (χ0) is 19.4. The lowest BCUT2D eigenvalue weighted by Crippen LogP contribution is -2.54. The first-order chi connectivity index (χ1) is 13.0. The topological polar surface area (TPSA) is 113 Å². The Morgan fingerprint density at radius 2 is 1.89 bits per heavy atom. The fraction of sp³-hybridized carbons (Fsp3) is 0.294. The molecule has 1 unspecified atom stereocenters. The van der Waals surface area contributed by atoms with Crippen LogP contribution in [-0.4, -0.2) is 61.8 Å². The molecule has 0 saturated carbocycles. The number of hydrogen-bond donors (Lipinski definition) is 2. The van der Waals surface area contributed by atoms with E-state index in [4.69, 9.17) is 5.73 Å². The second-order valence-electron chi connectivity index (χ2n) is 5.87. The minimum atomic E-state index is -3.90. The average Bonchev–Trinajstić information content (AvgIpc) is 3.36. The van der Waals surface area contributed by atoms with Crippen molar-refractivity contribution in [3.63, 3.8) is 0 Å². The van der Waals surface area contributed by atoms with Crippen LogP contribution >= 0.6 is 11.3 Å². The van der Waals surface area contributed by atoms with Gasteiger partial charge in [0.25, 0.3) is 21.8 Å². The highest BCUT2D eigenvalue weighted by molar-refractivity contribution is 7.91. The lowest BCUT2D eigenvalue weighted by atomic mass is 10.2. The van der Waals surface area contributed by atoms with Gasteiger partial charge in [-0.25, -0.2) is 8.42 Å². The van der Waals surface area contributed by atoms with E-state index >= 15 is 0 Å². The quantitative estimate of drug-likeness (QED) is 0.714. The largest absolute Gasteiger partial charge is 0.352 e. The van der Waals surface area contributed by atoms with E-state index < -0.39 is 28.0 Å². The molecule has 1 aromatic heterocycles. The standard InChI is InChI=1S/C17H20N4O4S2/c18-8-9-19-15(22)16-20(17(23)13-5-2-1-3-6-13)10-11-21(16)27(24,25)14-7-4-12-26-14/h1-7,12,16H,8-11,18H2,(H,19,22). The number of amides is 2. The van der Waals surface area contributed by atoms with E-state index in [1.165, 1.54) is 11.0 Å². The molecule has 27 heavy (non-hydrogen) atoms. The first-order valence-electron chi connectivity index (χ1n) is 8.36. The predicted octanol–water partition coefficient (Wildman–Crippen LogP) is 0.296. The van der Waals surface area contributed by atoms with Crippen molar-refractivity contribution in [3.8, 4) is 0 Å². The summed E-state index contributed by atoms with van der Waals surface area (Å²) in [6.07, 6.45) is -1.25. The number of nitrogens with zero attached hydrogens (tertiary/aromatic N) is 2. The van der Waals surface area contributed by atoms with Gasteiger partial charge in [-0.05, 0) is 23.6 Å². The summed E-state index contributed by atoms with van der Waals surface area (Å²) in [4.78, 5) is 26.9. The van der Waals surface area contributed by atoms with Gasteiger partial charge in [0.15, 0.2) is 6.17 Å². The Hall–Kier alpha value is -2.27. The smallest absolute Gasteiger partial charge is 0.259 e. The van der Waals surface area contributed by atoms with E-state index in [1.807, 2.05) is 0 Å². The van der Waals surface area contributed by atoms with Crippen LogP contribution in [0.2, 0.25) is 0 Å². The number of carbonyl (C=O) groups is 2. The summed E-state index contributed by atoms with van der Waals surface area (Å²) in [5.74, 6) is -0.963. The molecular weight excluding hydrogens is 388 g/mol. The summed E-state index contributed by atoms with van der Waals surface area (Å²) in [5, 5.41) is 4.25. The monoisotopic (exact) mass is 408 g/mol. The van der Waals surface area contributed by atoms with Crippen molar-refractivity contribution in [1.82, 2.24) is 14.5 Å². The van der Waals surface area contributed by atoms with Gasteiger partial charge < -0.3 is 16.0 Å². The molecule has 0 bridgehead atoms. The molecule has 1 aliphatic rings. The molecule has 1 aromatic carbocycles. The first-order valence-corrected chi connectivity index (χ1v) is 10.7. The van der Waals surface area contributed by atoms with Crippen LogP contribution in [0.5, 0.6) is 0 Å². The molecule has 1 aliphatic heterocycles. The van der Waals surface area contributed by atoms with Crippen LogP contribution in [0, 0.1) is 0 Å². The number of sulfonamides is 1. The highest BCUT2D eigenvalue weighted by Crippen LogP contribution is 2.28. The Balaban J connectivity index is 1.95. The molecule has 0 aliphatic carbocycles. The van der Waals surface area contributed by atoms with E-state index in [-0.39, 0.29) is 30.4 Å². The second kappa shape index (κ2) is 8.17. The number of carbonyl (C=O) groups excluding carboxylic acids is 2. The molecule has 1 atom stereocenters. The first kappa shape index (κ1) is 19.5. The lowest BCUT2D eigenvalue weighted by molar-refractivity contribution is -0.127. The highest BCUT2D eigenvalue weighted by Gasteiger charge is 2.46. The predicted molar refractivity (Wildman–Crippen MR) is 102 cm³/mol. The zero-order valence-corrected chi connectivity index (χ0v) is 16.1. The van der Waals surface area contributed by atoms with E-state index in [2.05, 4.69) is 5.32 Å². The van der Waals surface area contributed by atoms with Crippen molar-refractivity contribution < 1.29 is 18.0 Å². The maximum absolute atomic E-state index is 13.0. The summed E-state index contributed by atoms with van der Waals surface area (Å²) < 4.78 is 27.2. The molecule has 2 aromatic rings. The Bertz CT molecular complexity index is 900. The summed E-state index contributed by atoms with van der Waals surface area (Å²) in [5.41, 5.74) is 5.83. The van der Waals surface area contributed by atoms with Crippen molar-refractivity contribution >= 4 is 33.2 Å². The molecule has 2 heterocycles. The number of nitrogens with two attached hydrogens (primary N) is 1. The van der Waals surface area contributed by atoms with Crippen molar-refractivity contribution in [2.75, 3.05) is 26.2 Å². The maximum Gasteiger partial charge on any atom is 0.259 e. The van der Waals surface area contributed by atoms with Crippen LogP contribution < -0.4 is 11.1 Å². The van der Waals surface area contributed by atoms with E-state index in [0.29, 0.717) is 5.56 Å². The van der Waals surface area contributed by atoms with Crippen LogP contribution in [-0.2, 0) is 14.8 Å². The molecule has 0 radical (unpaired) electrons. The highest BCUT2D eigenvalue weighted by atomic mass is 32.2. The summed E-state index contributed by atoms with van der Waals surface area (Å²) in [7, 11) is -3.90. The number of rotatable bonds is 6. The van der Waals surface area contributed by atoms with Crippen molar-refractivity contribution in [2.45, 2.75) is 10.4 Å².